The van der Waals surface area contributed by atoms with Crippen LogP contribution in [0, 0.1) is 0 Å². The minimum Gasteiger partial charge on any atom is -0.346 e. The van der Waals surface area contributed by atoms with Crippen molar-refractivity contribution >= 4 is 16.1 Å². The number of rotatable bonds is 3. The van der Waals surface area contributed by atoms with Gasteiger partial charge in [0.05, 0.1) is 12.7 Å². The molecule has 0 N–H and O–H groups in total. The van der Waals surface area contributed by atoms with E-state index in [0.29, 0.717) is 0 Å². The summed E-state index contributed by atoms with van der Waals surface area (Å²) in [5, 5.41) is 0. The van der Waals surface area contributed by atoms with Gasteiger partial charge in [-0.25, -0.2) is 0 Å². The molecule has 1 aliphatic rings. The first-order valence-corrected chi connectivity index (χ1v) is 5.89. The van der Waals surface area contributed by atoms with Crippen molar-refractivity contribution in [3.63, 3.8) is 0 Å². The van der Waals surface area contributed by atoms with E-state index in [1.807, 2.05) is 6.08 Å². The van der Waals surface area contributed by atoms with Crippen molar-refractivity contribution in [3.8, 4) is 0 Å². The van der Waals surface area contributed by atoms with E-state index < -0.39 is 16.1 Å². The standard InChI is InChI=1S/C8H12O4S/c1-13(10,11)12-8(9)6-7-4-2-3-5-7/h4H,2-3,5-6H2,1H3. The van der Waals surface area contributed by atoms with Gasteiger partial charge in [0, 0.05) is 0 Å². The Morgan fingerprint density at radius 3 is 2.77 bits per heavy atom. The second-order valence-corrected chi connectivity index (χ2v) is 4.67. The van der Waals surface area contributed by atoms with Gasteiger partial charge in [-0.05, 0) is 19.3 Å². The molecule has 5 heteroatoms. The van der Waals surface area contributed by atoms with E-state index in [0.717, 1.165) is 31.1 Å². The molecule has 0 saturated heterocycles. The lowest BCUT2D eigenvalue weighted by atomic mass is 10.2. The Morgan fingerprint density at radius 1 is 1.62 bits per heavy atom. The van der Waals surface area contributed by atoms with Crippen LogP contribution in [0.25, 0.3) is 0 Å². The van der Waals surface area contributed by atoms with E-state index in [-0.39, 0.29) is 6.42 Å². The molecule has 1 aliphatic carbocycles. The number of hydrogen-bond donors (Lipinski definition) is 0. The van der Waals surface area contributed by atoms with Crippen LogP contribution < -0.4 is 0 Å². The van der Waals surface area contributed by atoms with Crippen molar-refractivity contribution in [3.05, 3.63) is 11.6 Å². The summed E-state index contributed by atoms with van der Waals surface area (Å²) in [4.78, 5) is 11.0. The molecule has 0 heterocycles. The maximum atomic E-state index is 11.0. The van der Waals surface area contributed by atoms with Crippen molar-refractivity contribution in [2.75, 3.05) is 6.26 Å². The van der Waals surface area contributed by atoms with Crippen LogP contribution in [-0.2, 0) is 19.1 Å². The lowest BCUT2D eigenvalue weighted by Crippen LogP contribution is -2.11. The second-order valence-electron chi connectivity index (χ2n) is 3.09. The molecular weight excluding hydrogens is 192 g/mol. The van der Waals surface area contributed by atoms with Crippen molar-refractivity contribution < 1.29 is 17.4 Å². The first-order valence-electron chi connectivity index (χ1n) is 4.07. The van der Waals surface area contributed by atoms with E-state index in [1.165, 1.54) is 0 Å². The third-order valence-corrected chi connectivity index (χ3v) is 2.24. The molecule has 0 fully saturated rings. The van der Waals surface area contributed by atoms with Gasteiger partial charge in [-0.2, -0.15) is 8.42 Å². The Hall–Kier alpha value is -0.840. The molecule has 0 radical (unpaired) electrons. The molecule has 0 spiro atoms. The number of allylic oxidation sites excluding steroid dienone is 1. The van der Waals surface area contributed by atoms with Crippen LogP contribution in [0.2, 0.25) is 0 Å². The minimum atomic E-state index is -3.64. The molecule has 0 aliphatic heterocycles. The van der Waals surface area contributed by atoms with Crippen LogP contribution in [0.1, 0.15) is 25.7 Å². The molecule has 0 aromatic rings. The van der Waals surface area contributed by atoms with Crippen LogP contribution >= 0.6 is 0 Å². The highest BCUT2D eigenvalue weighted by Crippen LogP contribution is 2.20. The molecule has 13 heavy (non-hydrogen) atoms. The highest BCUT2D eigenvalue weighted by atomic mass is 32.2. The van der Waals surface area contributed by atoms with Crippen LogP contribution in [-0.4, -0.2) is 20.6 Å². The molecule has 1 rings (SSSR count). The third kappa shape index (κ3) is 4.07. The van der Waals surface area contributed by atoms with E-state index in [4.69, 9.17) is 0 Å². The van der Waals surface area contributed by atoms with Crippen molar-refractivity contribution in [2.24, 2.45) is 0 Å². The van der Waals surface area contributed by atoms with Gasteiger partial charge in [0.15, 0.2) is 0 Å². The molecule has 4 nitrogen and oxygen atoms in total. The molecule has 0 aromatic carbocycles. The predicted octanol–water partition coefficient (Wildman–Crippen LogP) is 0.990. The summed E-state index contributed by atoms with van der Waals surface area (Å²) < 4.78 is 25.3. The number of carbonyl (C=O) groups is 1. The van der Waals surface area contributed by atoms with Gasteiger partial charge in [-0.15, -0.1) is 0 Å². The molecule has 0 amide bonds. The van der Waals surface area contributed by atoms with Gasteiger partial charge in [0.2, 0.25) is 0 Å². The van der Waals surface area contributed by atoms with Gasteiger partial charge in [0.1, 0.15) is 0 Å². The summed E-state index contributed by atoms with van der Waals surface area (Å²) in [6, 6.07) is 0. The van der Waals surface area contributed by atoms with E-state index in [9.17, 15) is 13.2 Å². The molecule has 0 bridgehead atoms. The summed E-state index contributed by atoms with van der Waals surface area (Å²) in [6.07, 6.45) is 5.83. The van der Waals surface area contributed by atoms with Gasteiger partial charge >= 0.3 is 16.1 Å². The first kappa shape index (κ1) is 10.2. The first-order chi connectivity index (χ1) is 5.97. The van der Waals surface area contributed by atoms with E-state index in [2.05, 4.69) is 4.18 Å². The zero-order valence-electron chi connectivity index (χ0n) is 7.45. The maximum absolute atomic E-state index is 11.0. The van der Waals surface area contributed by atoms with Crippen LogP contribution in [0.15, 0.2) is 11.6 Å². The van der Waals surface area contributed by atoms with Crippen LogP contribution in [0.5, 0.6) is 0 Å². The van der Waals surface area contributed by atoms with Crippen molar-refractivity contribution in [1.29, 1.82) is 0 Å². The molecule has 0 aromatic heterocycles. The fourth-order valence-electron chi connectivity index (χ4n) is 1.28. The highest BCUT2D eigenvalue weighted by molar-refractivity contribution is 7.86. The highest BCUT2D eigenvalue weighted by Gasteiger charge is 2.14. The smallest absolute Gasteiger partial charge is 0.326 e. The molecular formula is C8H12O4S. The summed E-state index contributed by atoms with van der Waals surface area (Å²) in [5.41, 5.74) is 0.980. The molecule has 74 valence electrons. The average Bonchev–Trinajstić information content (AvgIpc) is 2.34. The van der Waals surface area contributed by atoms with E-state index >= 15 is 0 Å². The minimum absolute atomic E-state index is 0.104. The van der Waals surface area contributed by atoms with Gasteiger partial charge in [0.25, 0.3) is 0 Å². The zero-order chi connectivity index (χ0) is 9.90. The lowest BCUT2D eigenvalue weighted by Gasteiger charge is -2.01. The monoisotopic (exact) mass is 204 g/mol. The zero-order valence-corrected chi connectivity index (χ0v) is 8.26. The quantitative estimate of drug-likeness (QED) is 0.508. The van der Waals surface area contributed by atoms with Crippen LogP contribution in [0.4, 0.5) is 0 Å². The maximum Gasteiger partial charge on any atom is 0.326 e. The molecule has 0 unspecified atom stereocenters. The Balaban J connectivity index is 2.42. The summed E-state index contributed by atoms with van der Waals surface area (Å²) in [7, 11) is -3.64. The average molecular weight is 204 g/mol. The third-order valence-electron chi connectivity index (χ3n) is 1.75. The normalized spacial score (nSPS) is 16.8. The fraction of sp³-hybridized carbons (Fsp3) is 0.625. The summed E-state index contributed by atoms with van der Waals surface area (Å²) >= 11 is 0. The van der Waals surface area contributed by atoms with Gasteiger partial charge in [-0.1, -0.05) is 11.6 Å². The molecule has 0 saturated carbocycles. The predicted molar refractivity (Wildman–Crippen MR) is 47.5 cm³/mol. The van der Waals surface area contributed by atoms with Gasteiger partial charge in [-0.3, -0.25) is 4.79 Å². The van der Waals surface area contributed by atoms with Crippen molar-refractivity contribution in [1.82, 2.24) is 0 Å². The SMILES string of the molecule is CS(=O)(=O)OC(=O)CC1=CCCC1. The summed E-state index contributed by atoms with van der Waals surface area (Å²) in [5.74, 6) is -0.685. The number of carbonyl (C=O) groups excluding carboxylic acids is 1. The number of hydrogen-bond acceptors (Lipinski definition) is 4. The van der Waals surface area contributed by atoms with Crippen molar-refractivity contribution in [2.45, 2.75) is 25.7 Å². The lowest BCUT2D eigenvalue weighted by molar-refractivity contribution is -0.133. The van der Waals surface area contributed by atoms with Crippen LogP contribution in [0.3, 0.4) is 0 Å². The Morgan fingerprint density at radius 2 is 2.31 bits per heavy atom. The Kier molecular flexibility index (Phi) is 3.08. The second kappa shape index (κ2) is 3.91. The fourth-order valence-corrected chi connectivity index (χ4v) is 1.68. The largest absolute Gasteiger partial charge is 0.346 e. The molecule has 0 atom stereocenters. The van der Waals surface area contributed by atoms with E-state index in [1.54, 1.807) is 0 Å². The topological polar surface area (TPSA) is 60.4 Å². The Bertz CT molecular complexity index is 326. The summed E-state index contributed by atoms with van der Waals surface area (Å²) in [6.45, 7) is 0. The van der Waals surface area contributed by atoms with Gasteiger partial charge < -0.3 is 4.18 Å². The Labute approximate surface area is 77.7 Å².